The van der Waals surface area contributed by atoms with Crippen LogP contribution in [0.15, 0.2) is 42.5 Å². The van der Waals surface area contributed by atoms with E-state index in [1.165, 1.54) is 0 Å². The Bertz CT molecular complexity index is 676. The Morgan fingerprint density at radius 3 is 2.55 bits per heavy atom. The average Bonchev–Trinajstić information content (AvgIpc) is 2.42. The van der Waals surface area contributed by atoms with Crippen LogP contribution in [0, 0.1) is 0 Å². The van der Waals surface area contributed by atoms with Gasteiger partial charge in [0, 0.05) is 5.02 Å². The summed E-state index contributed by atoms with van der Waals surface area (Å²) in [7, 11) is 0. The van der Waals surface area contributed by atoms with Gasteiger partial charge in [-0.2, -0.15) is 0 Å². The maximum absolute atomic E-state index is 10.6. The van der Waals surface area contributed by atoms with Gasteiger partial charge in [0.05, 0.1) is 10.3 Å². The number of rotatable bonds is 4. The van der Waals surface area contributed by atoms with E-state index in [1.807, 2.05) is 25.1 Å². The van der Waals surface area contributed by atoms with Crippen LogP contribution in [0.5, 0.6) is 5.75 Å². The van der Waals surface area contributed by atoms with Crippen molar-refractivity contribution in [3.63, 3.8) is 0 Å². The van der Waals surface area contributed by atoms with Crippen LogP contribution in [0.25, 0.3) is 0 Å². The molecule has 2 aromatic carbocycles. The highest BCUT2D eigenvalue weighted by molar-refractivity contribution is 8.13. The topological polar surface area (TPSA) is 29.5 Å². The molecule has 0 bridgehead atoms. The predicted molar refractivity (Wildman–Crippen MR) is 89.0 cm³/mol. The third-order valence-electron chi connectivity index (χ3n) is 2.79. The van der Waals surface area contributed by atoms with Crippen LogP contribution in [0.1, 0.15) is 12.5 Å². The molecule has 0 heterocycles. The van der Waals surface area contributed by atoms with Crippen LogP contribution in [-0.4, -0.2) is 4.89 Å². The lowest BCUT2D eigenvalue weighted by Gasteiger charge is -2.20. The van der Waals surface area contributed by atoms with Gasteiger partial charge in [-0.05, 0) is 48.1 Å². The molecule has 106 valence electrons. The lowest BCUT2D eigenvalue weighted by atomic mass is 10.2. The minimum absolute atomic E-state index is 0.328. The van der Waals surface area contributed by atoms with Crippen molar-refractivity contribution in [2.75, 3.05) is 0 Å². The van der Waals surface area contributed by atoms with E-state index in [0.717, 1.165) is 12.0 Å². The average molecular weight is 347 g/mol. The summed E-state index contributed by atoms with van der Waals surface area (Å²) in [5, 5.41) is 1.49. The number of hydrogen-bond acceptors (Lipinski definition) is 2. The minimum Gasteiger partial charge on any atom is -0.439 e. The van der Waals surface area contributed by atoms with Crippen molar-refractivity contribution in [1.29, 1.82) is 0 Å². The van der Waals surface area contributed by atoms with Crippen molar-refractivity contribution in [3.8, 4) is 5.75 Å². The molecule has 0 fully saturated rings. The van der Waals surface area contributed by atoms with Crippen LogP contribution < -0.4 is 9.83 Å². The first-order valence-corrected chi connectivity index (χ1v) is 9.43. The van der Waals surface area contributed by atoms with Gasteiger partial charge in [0.25, 0.3) is 6.49 Å². The Morgan fingerprint density at radius 2 is 1.90 bits per heavy atom. The highest BCUT2D eigenvalue weighted by atomic mass is 35.5. The molecule has 0 saturated heterocycles. The van der Waals surface area contributed by atoms with E-state index in [-0.39, 0.29) is 0 Å². The van der Waals surface area contributed by atoms with Gasteiger partial charge < -0.3 is 9.42 Å². The first-order valence-electron chi connectivity index (χ1n) is 6.00. The van der Waals surface area contributed by atoms with E-state index in [0.29, 0.717) is 21.1 Å². The highest BCUT2D eigenvalue weighted by Crippen LogP contribution is 2.45. The monoisotopic (exact) mass is 346 g/mol. The van der Waals surface area contributed by atoms with Crippen LogP contribution in [0.3, 0.4) is 0 Å². The van der Waals surface area contributed by atoms with Crippen LogP contribution in [0.4, 0.5) is 0 Å². The molecular weight excluding hydrogens is 334 g/mol. The van der Waals surface area contributed by atoms with Crippen molar-refractivity contribution in [1.82, 2.24) is 0 Å². The summed E-state index contributed by atoms with van der Waals surface area (Å²) in [5.74, 6) is 0.341. The molecular formula is C14H13Cl2O2PS. The van der Waals surface area contributed by atoms with Crippen molar-refractivity contribution >= 4 is 46.8 Å². The summed E-state index contributed by atoms with van der Waals surface area (Å²) in [5.41, 5.74) is 0.975. The molecule has 0 aliphatic rings. The Balaban J connectivity index is 2.38. The predicted octanol–water partition coefficient (Wildman–Crippen LogP) is 4.56. The summed E-state index contributed by atoms with van der Waals surface area (Å²) >= 11 is 17.2. The number of hydrogen-bond donors (Lipinski definition) is 1. The summed E-state index contributed by atoms with van der Waals surface area (Å²) in [6.45, 7) is -1.15. The Kier molecular flexibility index (Phi) is 5.11. The van der Waals surface area contributed by atoms with Crippen LogP contribution in [0.2, 0.25) is 10.0 Å². The molecule has 0 amide bonds. The molecule has 0 aliphatic heterocycles. The van der Waals surface area contributed by atoms with Gasteiger partial charge in [-0.25, -0.2) is 0 Å². The SMILES string of the molecule is CCc1ccccc1P(O)(=S)Oc1ccc(Cl)cc1Cl. The summed E-state index contributed by atoms with van der Waals surface area (Å²) in [6.07, 6.45) is 0.771. The summed E-state index contributed by atoms with van der Waals surface area (Å²) < 4.78 is 5.61. The molecule has 0 spiro atoms. The summed E-state index contributed by atoms with van der Waals surface area (Å²) in [6, 6.07) is 12.3. The maximum atomic E-state index is 10.6. The van der Waals surface area contributed by atoms with Crippen molar-refractivity contribution in [3.05, 3.63) is 58.1 Å². The van der Waals surface area contributed by atoms with Crippen molar-refractivity contribution in [2.24, 2.45) is 0 Å². The normalized spacial score (nSPS) is 13.8. The van der Waals surface area contributed by atoms with E-state index in [4.69, 9.17) is 39.5 Å². The highest BCUT2D eigenvalue weighted by Gasteiger charge is 2.22. The fraction of sp³-hybridized carbons (Fsp3) is 0.143. The largest absolute Gasteiger partial charge is 0.439 e. The van der Waals surface area contributed by atoms with E-state index in [1.54, 1.807) is 24.3 Å². The molecule has 2 nitrogen and oxygen atoms in total. The lowest BCUT2D eigenvalue weighted by Crippen LogP contribution is -2.13. The Morgan fingerprint density at radius 1 is 1.20 bits per heavy atom. The lowest BCUT2D eigenvalue weighted by molar-refractivity contribution is 0.496. The van der Waals surface area contributed by atoms with Gasteiger partial charge in [0.1, 0.15) is 5.75 Å². The number of halogens is 2. The molecule has 2 aromatic rings. The second-order valence-corrected chi connectivity index (χ2v) is 8.20. The van der Waals surface area contributed by atoms with E-state index in [9.17, 15) is 4.89 Å². The third-order valence-corrected chi connectivity index (χ3v) is 5.63. The second-order valence-electron chi connectivity index (χ2n) is 4.17. The fourth-order valence-electron chi connectivity index (χ4n) is 1.82. The second kappa shape index (κ2) is 6.46. The zero-order chi connectivity index (χ0) is 14.8. The summed E-state index contributed by atoms with van der Waals surface area (Å²) in [4.78, 5) is 10.6. The fourth-order valence-corrected chi connectivity index (χ4v) is 4.49. The zero-order valence-electron chi connectivity index (χ0n) is 10.7. The van der Waals surface area contributed by atoms with E-state index in [2.05, 4.69) is 0 Å². The van der Waals surface area contributed by atoms with Gasteiger partial charge in [0.15, 0.2) is 0 Å². The van der Waals surface area contributed by atoms with Crippen molar-refractivity contribution in [2.45, 2.75) is 13.3 Å². The van der Waals surface area contributed by atoms with E-state index >= 15 is 0 Å². The van der Waals surface area contributed by atoms with Gasteiger partial charge in [-0.1, -0.05) is 48.3 Å². The van der Waals surface area contributed by atoms with E-state index < -0.39 is 6.49 Å². The Hall–Kier alpha value is -0.570. The van der Waals surface area contributed by atoms with Crippen molar-refractivity contribution < 1.29 is 9.42 Å². The Labute approximate surface area is 133 Å². The number of aryl methyl sites for hydroxylation is 1. The van der Waals surface area contributed by atoms with Gasteiger partial charge >= 0.3 is 0 Å². The molecule has 1 atom stereocenters. The molecule has 1 unspecified atom stereocenters. The molecule has 0 aromatic heterocycles. The standard InChI is InChI=1S/C14H13Cl2O2PS/c1-2-10-5-3-4-6-14(10)19(17,20)18-13-8-7-11(15)9-12(13)16/h3-9H,2H2,1H3,(H,17,20). The zero-order valence-corrected chi connectivity index (χ0v) is 13.9. The molecule has 2 rings (SSSR count). The first kappa shape index (κ1) is 15.8. The molecule has 0 saturated carbocycles. The van der Waals surface area contributed by atoms with Crippen LogP contribution >= 0.6 is 29.7 Å². The third kappa shape index (κ3) is 3.55. The molecule has 6 heteroatoms. The van der Waals surface area contributed by atoms with Crippen LogP contribution in [-0.2, 0) is 18.2 Å². The van der Waals surface area contributed by atoms with Gasteiger partial charge in [0.2, 0.25) is 0 Å². The van der Waals surface area contributed by atoms with Gasteiger partial charge in [-0.3, -0.25) is 0 Å². The molecule has 0 aliphatic carbocycles. The quantitative estimate of drug-likeness (QED) is 0.822. The minimum atomic E-state index is -3.16. The first-order chi connectivity index (χ1) is 9.44. The number of benzene rings is 2. The van der Waals surface area contributed by atoms with Gasteiger partial charge in [-0.15, -0.1) is 0 Å². The molecule has 1 N–H and O–H groups in total. The maximum Gasteiger partial charge on any atom is 0.266 e. The molecule has 20 heavy (non-hydrogen) atoms. The smallest absolute Gasteiger partial charge is 0.266 e. The molecule has 0 radical (unpaired) electrons.